The van der Waals surface area contributed by atoms with Crippen molar-refractivity contribution in [3.8, 4) is 0 Å². The van der Waals surface area contributed by atoms with Gasteiger partial charge < -0.3 is 10.1 Å². The summed E-state index contributed by atoms with van der Waals surface area (Å²) >= 11 is 0. The van der Waals surface area contributed by atoms with Gasteiger partial charge in [-0.2, -0.15) is 0 Å². The lowest BCUT2D eigenvalue weighted by Gasteiger charge is -2.36. The van der Waals surface area contributed by atoms with Gasteiger partial charge >= 0.3 is 0 Å². The maximum Gasteiger partial charge on any atom is 0.0700 e. The summed E-state index contributed by atoms with van der Waals surface area (Å²) in [6.45, 7) is 6.59. The zero-order chi connectivity index (χ0) is 12.1. The van der Waals surface area contributed by atoms with Crippen molar-refractivity contribution in [3.05, 3.63) is 0 Å². The molecule has 1 saturated carbocycles. The molecule has 0 aromatic heterocycles. The second kappa shape index (κ2) is 6.72. The van der Waals surface area contributed by atoms with Crippen LogP contribution >= 0.6 is 0 Å². The van der Waals surface area contributed by atoms with Gasteiger partial charge in [-0.1, -0.05) is 19.8 Å². The van der Waals surface area contributed by atoms with Gasteiger partial charge in [0.05, 0.1) is 12.7 Å². The molecule has 1 aliphatic heterocycles. The van der Waals surface area contributed by atoms with Crippen LogP contribution in [0.15, 0.2) is 0 Å². The first-order valence-corrected chi connectivity index (χ1v) is 7.34. The molecule has 3 nitrogen and oxygen atoms in total. The SMILES string of the molecule is CCC1CN(CC(NC)C2CCCC2)CCO1. The summed E-state index contributed by atoms with van der Waals surface area (Å²) in [5.74, 6) is 0.905. The predicted octanol–water partition coefficient (Wildman–Crippen LogP) is 1.88. The lowest BCUT2D eigenvalue weighted by Crippen LogP contribution is -2.49. The van der Waals surface area contributed by atoms with Crippen LogP contribution in [-0.2, 0) is 4.74 Å². The average molecular weight is 240 g/mol. The third-order valence-corrected chi connectivity index (χ3v) is 4.47. The minimum absolute atomic E-state index is 0.463. The van der Waals surface area contributed by atoms with Gasteiger partial charge in [-0.25, -0.2) is 0 Å². The number of rotatable bonds is 5. The Bertz CT molecular complexity index is 216. The lowest BCUT2D eigenvalue weighted by molar-refractivity contribution is -0.0336. The zero-order valence-corrected chi connectivity index (χ0v) is 11.5. The Balaban J connectivity index is 1.80. The lowest BCUT2D eigenvalue weighted by atomic mass is 9.97. The molecule has 0 radical (unpaired) electrons. The average Bonchev–Trinajstić information content (AvgIpc) is 2.90. The standard InChI is InChI=1S/C14H28N2O/c1-3-13-10-16(8-9-17-13)11-14(15-2)12-6-4-5-7-12/h12-15H,3-11H2,1-2H3. The highest BCUT2D eigenvalue weighted by Crippen LogP contribution is 2.28. The monoisotopic (exact) mass is 240 g/mol. The van der Waals surface area contributed by atoms with Crippen molar-refractivity contribution in [1.29, 1.82) is 0 Å². The second-order valence-corrected chi connectivity index (χ2v) is 5.60. The highest BCUT2D eigenvalue weighted by Gasteiger charge is 2.27. The third-order valence-electron chi connectivity index (χ3n) is 4.47. The van der Waals surface area contributed by atoms with Gasteiger partial charge in [0, 0.05) is 25.7 Å². The van der Waals surface area contributed by atoms with Gasteiger partial charge in [-0.15, -0.1) is 0 Å². The molecule has 2 rings (SSSR count). The summed E-state index contributed by atoms with van der Waals surface area (Å²) < 4.78 is 5.74. The minimum Gasteiger partial charge on any atom is -0.376 e. The van der Waals surface area contributed by atoms with Gasteiger partial charge in [0.15, 0.2) is 0 Å². The van der Waals surface area contributed by atoms with Crippen molar-refractivity contribution in [2.45, 2.75) is 51.2 Å². The van der Waals surface area contributed by atoms with Crippen LogP contribution in [0.1, 0.15) is 39.0 Å². The minimum atomic E-state index is 0.463. The normalized spacial score (nSPS) is 29.6. The van der Waals surface area contributed by atoms with Gasteiger partial charge in [0.2, 0.25) is 0 Å². The molecule has 2 aliphatic rings. The van der Waals surface area contributed by atoms with Crippen molar-refractivity contribution in [1.82, 2.24) is 10.2 Å². The summed E-state index contributed by atoms with van der Waals surface area (Å²) in [5, 5.41) is 3.54. The number of nitrogens with zero attached hydrogens (tertiary/aromatic N) is 1. The molecule has 100 valence electrons. The van der Waals surface area contributed by atoms with E-state index < -0.39 is 0 Å². The molecule has 17 heavy (non-hydrogen) atoms. The summed E-state index contributed by atoms with van der Waals surface area (Å²) in [6, 6.07) is 0.688. The van der Waals surface area contributed by atoms with E-state index in [4.69, 9.17) is 4.74 Å². The Hall–Kier alpha value is -0.120. The van der Waals surface area contributed by atoms with E-state index in [1.807, 2.05) is 0 Å². The topological polar surface area (TPSA) is 24.5 Å². The van der Waals surface area contributed by atoms with Gasteiger partial charge in [-0.3, -0.25) is 4.90 Å². The third kappa shape index (κ3) is 3.67. The summed E-state index contributed by atoms with van der Waals surface area (Å²) in [6.07, 6.45) is 7.32. The second-order valence-electron chi connectivity index (χ2n) is 5.60. The van der Waals surface area contributed by atoms with Crippen LogP contribution < -0.4 is 5.32 Å². The van der Waals surface area contributed by atoms with E-state index in [1.165, 1.54) is 32.2 Å². The molecule has 1 saturated heterocycles. The Labute approximate surface area is 106 Å². The van der Waals surface area contributed by atoms with Crippen LogP contribution in [0.2, 0.25) is 0 Å². The molecule has 0 amide bonds. The van der Waals surface area contributed by atoms with Crippen LogP contribution in [0.25, 0.3) is 0 Å². The molecule has 2 fully saturated rings. The highest BCUT2D eigenvalue weighted by atomic mass is 16.5. The molecule has 1 heterocycles. The van der Waals surface area contributed by atoms with E-state index in [0.29, 0.717) is 12.1 Å². The first-order chi connectivity index (χ1) is 8.33. The van der Waals surface area contributed by atoms with Gasteiger partial charge in [0.25, 0.3) is 0 Å². The fraction of sp³-hybridized carbons (Fsp3) is 1.00. The van der Waals surface area contributed by atoms with Crippen LogP contribution in [0.3, 0.4) is 0 Å². The van der Waals surface area contributed by atoms with Gasteiger partial charge in [0.1, 0.15) is 0 Å². The Morgan fingerprint density at radius 1 is 1.35 bits per heavy atom. The number of nitrogens with one attached hydrogen (secondary N) is 1. The maximum atomic E-state index is 5.74. The molecule has 1 N–H and O–H groups in total. The van der Waals surface area contributed by atoms with E-state index in [9.17, 15) is 0 Å². The fourth-order valence-corrected chi connectivity index (χ4v) is 3.31. The van der Waals surface area contributed by atoms with Crippen molar-refractivity contribution in [3.63, 3.8) is 0 Å². The van der Waals surface area contributed by atoms with E-state index in [0.717, 1.165) is 32.0 Å². The van der Waals surface area contributed by atoms with Crippen LogP contribution in [-0.4, -0.2) is 50.3 Å². The first kappa shape index (κ1) is 13.3. The van der Waals surface area contributed by atoms with Crippen molar-refractivity contribution in [2.24, 2.45) is 5.92 Å². The van der Waals surface area contributed by atoms with Gasteiger partial charge in [-0.05, 0) is 32.2 Å². The molecule has 0 bridgehead atoms. The number of hydrogen-bond donors (Lipinski definition) is 1. The van der Waals surface area contributed by atoms with Crippen molar-refractivity contribution < 1.29 is 4.74 Å². The van der Waals surface area contributed by atoms with Crippen LogP contribution in [0, 0.1) is 5.92 Å². The smallest absolute Gasteiger partial charge is 0.0700 e. The van der Waals surface area contributed by atoms with Crippen molar-refractivity contribution >= 4 is 0 Å². The Kier molecular flexibility index (Phi) is 5.26. The van der Waals surface area contributed by atoms with E-state index >= 15 is 0 Å². The molecule has 0 spiro atoms. The molecule has 2 atom stereocenters. The molecular weight excluding hydrogens is 212 g/mol. The molecule has 1 aliphatic carbocycles. The maximum absolute atomic E-state index is 5.74. The number of hydrogen-bond acceptors (Lipinski definition) is 3. The molecule has 0 aromatic carbocycles. The zero-order valence-electron chi connectivity index (χ0n) is 11.5. The highest BCUT2D eigenvalue weighted by molar-refractivity contribution is 4.84. The van der Waals surface area contributed by atoms with Crippen molar-refractivity contribution in [2.75, 3.05) is 33.3 Å². The Morgan fingerprint density at radius 2 is 2.12 bits per heavy atom. The summed E-state index contributed by atoms with van der Waals surface area (Å²) in [4.78, 5) is 2.59. The quantitative estimate of drug-likeness (QED) is 0.794. The fourth-order valence-electron chi connectivity index (χ4n) is 3.31. The predicted molar refractivity (Wildman–Crippen MR) is 71.3 cm³/mol. The number of ether oxygens (including phenoxy) is 1. The molecule has 0 aromatic rings. The first-order valence-electron chi connectivity index (χ1n) is 7.34. The molecular formula is C14H28N2O. The van der Waals surface area contributed by atoms with Crippen LogP contribution in [0.4, 0.5) is 0 Å². The summed E-state index contributed by atoms with van der Waals surface area (Å²) in [7, 11) is 2.13. The number of likely N-dealkylation sites (N-methyl/N-ethyl adjacent to an activating group) is 1. The van der Waals surface area contributed by atoms with E-state index in [1.54, 1.807) is 0 Å². The Morgan fingerprint density at radius 3 is 2.76 bits per heavy atom. The summed E-state index contributed by atoms with van der Waals surface area (Å²) in [5.41, 5.74) is 0. The number of morpholine rings is 1. The molecule has 3 heteroatoms. The van der Waals surface area contributed by atoms with E-state index in [-0.39, 0.29) is 0 Å². The molecule has 2 unspecified atom stereocenters. The van der Waals surface area contributed by atoms with E-state index in [2.05, 4.69) is 24.2 Å². The van der Waals surface area contributed by atoms with Crippen LogP contribution in [0.5, 0.6) is 0 Å². The largest absolute Gasteiger partial charge is 0.376 e.